The largest absolute Gasteiger partial charge is 0.481 e. The second-order valence-corrected chi connectivity index (χ2v) is 7.10. The zero-order chi connectivity index (χ0) is 19.7. The Bertz CT molecular complexity index is 1020. The van der Waals surface area contributed by atoms with Gasteiger partial charge in [-0.15, -0.1) is 0 Å². The SMILES string of the molecule is Nc1cnn2ccc(N3CCCC3c3cc(F)ccc3CCCC(=O)O)nc12. The lowest BCUT2D eigenvalue weighted by molar-refractivity contribution is -0.137. The number of carboxylic acid groups (broad SMARTS) is 1. The van der Waals surface area contributed by atoms with Gasteiger partial charge in [0.2, 0.25) is 0 Å². The fourth-order valence-electron chi connectivity index (χ4n) is 3.93. The van der Waals surface area contributed by atoms with E-state index in [1.54, 1.807) is 22.8 Å². The standard InChI is InChI=1S/C20H22FN5O2/c21-14-7-6-13(3-1-5-19(27)28)15(11-14)17-4-2-9-25(17)18-8-10-26-20(24-18)16(22)12-23-26/h6-8,10-12,17H,1-5,9,22H2,(H,27,28). The molecule has 2 aromatic heterocycles. The smallest absolute Gasteiger partial charge is 0.303 e. The van der Waals surface area contributed by atoms with Crippen molar-refractivity contribution >= 4 is 23.1 Å². The van der Waals surface area contributed by atoms with Gasteiger partial charge in [-0.05, 0) is 55.0 Å². The summed E-state index contributed by atoms with van der Waals surface area (Å²) in [5, 5.41) is 13.1. The highest BCUT2D eigenvalue weighted by molar-refractivity contribution is 5.67. The van der Waals surface area contributed by atoms with Crippen LogP contribution in [0, 0.1) is 5.82 Å². The molecule has 146 valence electrons. The van der Waals surface area contributed by atoms with Gasteiger partial charge in [-0.25, -0.2) is 13.9 Å². The molecule has 4 rings (SSSR count). The highest BCUT2D eigenvalue weighted by atomic mass is 19.1. The minimum absolute atomic E-state index is 0.00498. The molecule has 1 aromatic carbocycles. The molecule has 7 nitrogen and oxygen atoms in total. The summed E-state index contributed by atoms with van der Waals surface area (Å²) in [5.41, 5.74) is 8.96. The first kappa shape index (κ1) is 18.2. The molecule has 0 aliphatic carbocycles. The number of aryl methyl sites for hydroxylation is 1. The lowest BCUT2D eigenvalue weighted by atomic mass is 9.94. The molecule has 1 atom stereocenters. The number of carbonyl (C=O) groups is 1. The van der Waals surface area contributed by atoms with Crippen LogP contribution in [0.15, 0.2) is 36.7 Å². The Morgan fingerprint density at radius 3 is 3.04 bits per heavy atom. The lowest BCUT2D eigenvalue weighted by Gasteiger charge is -2.28. The second kappa shape index (κ2) is 7.46. The van der Waals surface area contributed by atoms with E-state index in [0.717, 1.165) is 36.3 Å². The number of nitrogens with zero attached hydrogens (tertiary/aromatic N) is 4. The van der Waals surface area contributed by atoms with Crippen molar-refractivity contribution in [2.45, 2.75) is 38.1 Å². The van der Waals surface area contributed by atoms with Gasteiger partial charge in [0.15, 0.2) is 5.65 Å². The fraction of sp³-hybridized carbons (Fsp3) is 0.350. The molecule has 0 spiro atoms. The van der Waals surface area contributed by atoms with E-state index < -0.39 is 5.97 Å². The third kappa shape index (κ3) is 3.49. The van der Waals surface area contributed by atoms with Gasteiger partial charge in [-0.3, -0.25) is 4.79 Å². The van der Waals surface area contributed by atoms with E-state index in [1.807, 2.05) is 12.3 Å². The minimum Gasteiger partial charge on any atom is -0.481 e. The van der Waals surface area contributed by atoms with Crippen molar-refractivity contribution < 1.29 is 14.3 Å². The molecule has 3 aromatic rings. The number of aliphatic carboxylic acids is 1. The Balaban J connectivity index is 1.66. The number of nitrogens with two attached hydrogens (primary N) is 1. The van der Waals surface area contributed by atoms with Gasteiger partial charge < -0.3 is 15.7 Å². The quantitative estimate of drug-likeness (QED) is 0.678. The third-order valence-corrected chi connectivity index (χ3v) is 5.23. The van der Waals surface area contributed by atoms with Gasteiger partial charge in [-0.2, -0.15) is 5.10 Å². The number of benzene rings is 1. The molecular formula is C20H22FN5O2. The number of rotatable bonds is 6. The van der Waals surface area contributed by atoms with Crippen LogP contribution in [0.3, 0.4) is 0 Å². The summed E-state index contributed by atoms with van der Waals surface area (Å²) in [7, 11) is 0. The first-order chi connectivity index (χ1) is 13.5. The van der Waals surface area contributed by atoms with Crippen LogP contribution >= 0.6 is 0 Å². The highest BCUT2D eigenvalue weighted by Gasteiger charge is 2.29. The Morgan fingerprint density at radius 2 is 2.21 bits per heavy atom. The number of hydrogen-bond acceptors (Lipinski definition) is 5. The Morgan fingerprint density at radius 1 is 1.36 bits per heavy atom. The van der Waals surface area contributed by atoms with Crippen molar-refractivity contribution in [3.63, 3.8) is 0 Å². The molecule has 28 heavy (non-hydrogen) atoms. The van der Waals surface area contributed by atoms with E-state index in [2.05, 4.69) is 15.0 Å². The van der Waals surface area contributed by atoms with Crippen LogP contribution < -0.4 is 10.6 Å². The van der Waals surface area contributed by atoms with Gasteiger partial charge in [0.1, 0.15) is 11.6 Å². The molecule has 1 aliphatic rings. The van der Waals surface area contributed by atoms with Crippen LogP contribution in [-0.2, 0) is 11.2 Å². The number of anilines is 2. The average molecular weight is 383 g/mol. The Hall–Kier alpha value is -3.16. The molecule has 8 heteroatoms. The van der Waals surface area contributed by atoms with Crippen molar-refractivity contribution in [3.8, 4) is 0 Å². The van der Waals surface area contributed by atoms with Gasteiger partial charge in [0.25, 0.3) is 0 Å². The third-order valence-electron chi connectivity index (χ3n) is 5.23. The summed E-state index contributed by atoms with van der Waals surface area (Å²) in [4.78, 5) is 17.7. The fourth-order valence-corrected chi connectivity index (χ4v) is 3.93. The van der Waals surface area contributed by atoms with Crippen LogP contribution in [-0.4, -0.2) is 32.2 Å². The summed E-state index contributed by atoms with van der Waals surface area (Å²) in [6.07, 6.45) is 6.48. The number of hydrogen-bond donors (Lipinski definition) is 2. The molecular weight excluding hydrogens is 361 g/mol. The molecule has 0 bridgehead atoms. The van der Waals surface area contributed by atoms with Gasteiger partial charge in [0, 0.05) is 19.2 Å². The van der Waals surface area contributed by atoms with E-state index in [-0.39, 0.29) is 18.3 Å². The van der Waals surface area contributed by atoms with E-state index in [0.29, 0.717) is 24.2 Å². The number of carboxylic acids is 1. The molecule has 0 radical (unpaired) electrons. The van der Waals surface area contributed by atoms with Crippen LogP contribution in [0.25, 0.3) is 5.65 Å². The topological polar surface area (TPSA) is 96.8 Å². The van der Waals surface area contributed by atoms with Crippen molar-refractivity contribution in [2.75, 3.05) is 17.2 Å². The zero-order valence-corrected chi connectivity index (χ0v) is 15.4. The lowest BCUT2D eigenvalue weighted by Crippen LogP contribution is -2.25. The van der Waals surface area contributed by atoms with E-state index in [9.17, 15) is 9.18 Å². The van der Waals surface area contributed by atoms with Crippen molar-refractivity contribution in [1.29, 1.82) is 0 Å². The maximum Gasteiger partial charge on any atom is 0.303 e. The maximum absolute atomic E-state index is 14.0. The van der Waals surface area contributed by atoms with E-state index >= 15 is 0 Å². The van der Waals surface area contributed by atoms with Crippen LogP contribution in [0.2, 0.25) is 0 Å². The van der Waals surface area contributed by atoms with Gasteiger partial charge >= 0.3 is 5.97 Å². The molecule has 1 fully saturated rings. The molecule has 1 aliphatic heterocycles. The zero-order valence-electron chi connectivity index (χ0n) is 15.4. The highest BCUT2D eigenvalue weighted by Crippen LogP contribution is 2.37. The Labute approximate surface area is 161 Å². The summed E-state index contributed by atoms with van der Waals surface area (Å²) >= 11 is 0. The van der Waals surface area contributed by atoms with Crippen LogP contribution in [0.5, 0.6) is 0 Å². The first-order valence-electron chi connectivity index (χ1n) is 9.39. The summed E-state index contributed by atoms with van der Waals surface area (Å²) in [5.74, 6) is -0.322. The molecule has 3 heterocycles. The molecule has 1 unspecified atom stereocenters. The summed E-state index contributed by atoms with van der Waals surface area (Å²) in [6, 6.07) is 6.67. The minimum atomic E-state index is -0.818. The second-order valence-electron chi connectivity index (χ2n) is 7.10. The van der Waals surface area contributed by atoms with Crippen molar-refractivity contribution in [2.24, 2.45) is 0 Å². The first-order valence-corrected chi connectivity index (χ1v) is 9.39. The van der Waals surface area contributed by atoms with Gasteiger partial charge in [0.05, 0.1) is 17.9 Å². The molecule has 0 amide bonds. The van der Waals surface area contributed by atoms with Gasteiger partial charge in [-0.1, -0.05) is 6.07 Å². The average Bonchev–Trinajstić information content (AvgIpc) is 3.29. The van der Waals surface area contributed by atoms with E-state index in [1.165, 1.54) is 6.07 Å². The molecule has 0 saturated carbocycles. The molecule has 1 saturated heterocycles. The maximum atomic E-state index is 14.0. The number of aromatic nitrogens is 3. The number of halogens is 1. The van der Waals surface area contributed by atoms with Crippen molar-refractivity contribution in [3.05, 3.63) is 53.6 Å². The monoisotopic (exact) mass is 383 g/mol. The molecule has 3 N–H and O–H groups in total. The summed E-state index contributed by atoms with van der Waals surface area (Å²) < 4.78 is 15.7. The van der Waals surface area contributed by atoms with E-state index in [4.69, 9.17) is 10.8 Å². The van der Waals surface area contributed by atoms with Crippen LogP contribution in [0.4, 0.5) is 15.9 Å². The predicted molar refractivity (Wildman–Crippen MR) is 104 cm³/mol. The number of nitrogen functional groups attached to an aromatic ring is 1. The number of fused-ring (bicyclic) bond motifs is 1. The van der Waals surface area contributed by atoms with Crippen LogP contribution in [0.1, 0.15) is 42.9 Å². The summed E-state index contributed by atoms with van der Waals surface area (Å²) in [6.45, 7) is 0.812. The normalized spacial score (nSPS) is 16.8. The van der Waals surface area contributed by atoms with Crippen molar-refractivity contribution in [1.82, 2.24) is 14.6 Å². The predicted octanol–water partition coefficient (Wildman–Crippen LogP) is 3.20. The Kier molecular flexibility index (Phi) is 4.85.